The maximum Gasteiger partial charge on any atom is 0.324 e. The van der Waals surface area contributed by atoms with Crippen LogP contribution in [-0.2, 0) is 14.8 Å². The summed E-state index contributed by atoms with van der Waals surface area (Å²) in [6.07, 6.45) is 0. The number of aryl methyl sites for hydroxylation is 4. The van der Waals surface area contributed by atoms with E-state index in [0.29, 0.717) is 16.7 Å². The van der Waals surface area contributed by atoms with Crippen molar-refractivity contribution in [2.24, 2.45) is 0 Å². The highest BCUT2D eigenvalue weighted by molar-refractivity contribution is 7.92. The van der Waals surface area contributed by atoms with Gasteiger partial charge in [-0.25, -0.2) is 8.42 Å². The van der Waals surface area contributed by atoms with Crippen molar-refractivity contribution in [3.05, 3.63) is 62.7 Å². The summed E-state index contributed by atoms with van der Waals surface area (Å²) >= 11 is 0. The molecule has 27 heavy (non-hydrogen) atoms. The molecular formula is C18H20N2O6S. The lowest BCUT2D eigenvalue weighted by atomic mass is 10.1. The van der Waals surface area contributed by atoms with E-state index in [-0.39, 0.29) is 16.3 Å². The first-order chi connectivity index (χ1) is 12.4. The zero-order valence-electron chi connectivity index (χ0n) is 15.4. The van der Waals surface area contributed by atoms with Gasteiger partial charge in [0.05, 0.1) is 15.5 Å². The number of nitro groups is 1. The van der Waals surface area contributed by atoms with Gasteiger partial charge < -0.3 is 5.11 Å². The second-order valence-electron chi connectivity index (χ2n) is 6.36. The summed E-state index contributed by atoms with van der Waals surface area (Å²) in [4.78, 5) is 21.5. The summed E-state index contributed by atoms with van der Waals surface area (Å²) in [7, 11) is -4.33. The Morgan fingerprint density at radius 3 is 2.11 bits per heavy atom. The predicted octanol–water partition coefficient (Wildman–Crippen LogP) is 3.11. The maximum atomic E-state index is 13.2. The first-order valence-corrected chi connectivity index (χ1v) is 9.46. The number of hydrogen-bond donors (Lipinski definition) is 1. The molecule has 9 heteroatoms. The Bertz CT molecular complexity index is 1010. The van der Waals surface area contributed by atoms with Crippen molar-refractivity contribution in [1.82, 2.24) is 0 Å². The quantitative estimate of drug-likeness (QED) is 0.596. The predicted molar refractivity (Wildman–Crippen MR) is 101 cm³/mol. The Morgan fingerprint density at radius 2 is 1.63 bits per heavy atom. The number of carbonyl (C=O) groups is 1. The van der Waals surface area contributed by atoms with Crippen LogP contribution in [0.1, 0.15) is 22.3 Å². The normalized spacial score (nSPS) is 11.3. The third-order valence-electron chi connectivity index (χ3n) is 4.13. The standard InChI is InChI=1S/C18H20N2O6S/c1-11-7-13(3)18(14(4)8-11)19(10-17(21)22)27(25,26)15-6-5-12(2)16(9-15)20(23)24/h5-9H,10H2,1-4H3,(H,21,22). The summed E-state index contributed by atoms with van der Waals surface area (Å²) < 4.78 is 27.2. The lowest BCUT2D eigenvalue weighted by Gasteiger charge is -2.26. The van der Waals surface area contributed by atoms with Crippen LogP contribution in [0.5, 0.6) is 0 Å². The summed E-state index contributed by atoms with van der Waals surface area (Å²) in [6, 6.07) is 7.04. The van der Waals surface area contributed by atoms with Crippen LogP contribution < -0.4 is 4.31 Å². The number of nitrogens with zero attached hydrogens (tertiary/aromatic N) is 2. The molecule has 0 spiro atoms. The molecule has 0 unspecified atom stereocenters. The number of carboxylic acids is 1. The highest BCUT2D eigenvalue weighted by atomic mass is 32.2. The summed E-state index contributed by atoms with van der Waals surface area (Å²) in [5.74, 6) is -1.33. The maximum absolute atomic E-state index is 13.2. The van der Waals surface area contributed by atoms with Crippen LogP contribution in [0.4, 0.5) is 11.4 Å². The number of aliphatic carboxylic acids is 1. The van der Waals surface area contributed by atoms with Crippen LogP contribution in [0.2, 0.25) is 0 Å². The minimum atomic E-state index is -4.33. The van der Waals surface area contributed by atoms with Crippen LogP contribution in [0.3, 0.4) is 0 Å². The molecule has 0 saturated heterocycles. The van der Waals surface area contributed by atoms with E-state index in [2.05, 4.69) is 0 Å². The Balaban J connectivity index is 2.72. The highest BCUT2D eigenvalue weighted by Crippen LogP contribution is 2.32. The zero-order chi connectivity index (χ0) is 20.5. The summed E-state index contributed by atoms with van der Waals surface area (Å²) in [5, 5.41) is 20.4. The van der Waals surface area contributed by atoms with E-state index in [4.69, 9.17) is 0 Å². The molecule has 0 atom stereocenters. The monoisotopic (exact) mass is 392 g/mol. The van der Waals surface area contributed by atoms with Crippen molar-refractivity contribution in [2.75, 3.05) is 10.8 Å². The first kappa shape index (κ1) is 20.4. The molecular weight excluding hydrogens is 372 g/mol. The molecule has 0 aliphatic rings. The summed E-state index contributed by atoms with van der Waals surface area (Å²) in [5.41, 5.74) is 2.33. The summed E-state index contributed by atoms with van der Waals surface area (Å²) in [6.45, 7) is 5.93. The number of benzene rings is 2. The number of rotatable bonds is 6. The number of sulfonamides is 1. The molecule has 0 amide bonds. The van der Waals surface area contributed by atoms with Gasteiger partial charge in [0.2, 0.25) is 0 Å². The Kier molecular flexibility index (Phi) is 5.55. The van der Waals surface area contributed by atoms with Gasteiger partial charge in [-0.1, -0.05) is 23.8 Å². The van der Waals surface area contributed by atoms with Crippen molar-refractivity contribution in [1.29, 1.82) is 0 Å². The van der Waals surface area contributed by atoms with Gasteiger partial charge in [-0.2, -0.15) is 0 Å². The Labute approximate surface area is 157 Å². The van der Waals surface area contributed by atoms with Gasteiger partial charge in [0.1, 0.15) is 6.54 Å². The average Bonchev–Trinajstić information content (AvgIpc) is 2.52. The molecule has 0 radical (unpaired) electrons. The van der Waals surface area contributed by atoms with E-state index in [9.17, 15) is 28.4 Å². The Morgan fingerprint density at radius 1 is 1.07 bits per heavy atom. The van der Waals surface area contributed by atoms with Crippen molar-refractivity contribution in [3.8, 4) is 0 Å². The van der Waals surface area contributed by atoms with E-state index in [1.165, 1.54) is 19.1 Å². The van der Waals surface area contributed by atoms with Crippen LogP contribution in [-0.4, -0.2) is 31.0 Å². The van der Waals surface area contributed by atoms with Gasteiger partial charge >= 0.3 is 5.97 Å². The van der Waals surface area contributed by atoms with Gasteiger partial charge in [0.25, 0.3) is 15.7 Å². The molecule has 2 rings (SSSR count). The van der Waals surface area contributed by atoms with Crippen molar-refractivity contribution in [2.45, 2.75) is 32.6 Å². The fourth-order valence-corrected chi connectivity index (χ4v) is 4.61. The minimum absolute atomic E-state index is 0.256. The molecule has 0 bridgehead atoms. The van der Waals surface area contributed by atoms with Gasteiger partial charge in [-0.05, 0) is 44.9 Å². The molecule has 0 aromatic heterocycles. The van der Waals surface area contributed by atoms with Crippen LogP contribution in [0, 0.1) is 37.8 Å². The smallest absolute Gasteiger partial charge is 0.324 e. The first-order valence-electron chi connectivity index (χ1n) is 8.02. The topological polar surface area (TPSA) is 118 Å². The second-order valence-corrected chi connectivity index (χ2v) is 8.22. The van der Waals surface area contributed by atoms with E-state index in [1.54, 1.807) is 26.0 Å². The average molecular weight is 392 g/mol. The second kappa shape index (κ2) is 7.36. The fourth-order valence-electron chi connectivity index (χ4n) is 3.05. The molecule has 1 N–H and O–H groups in total. The molecule has 2 aromatic carbocycles. The van der Waals surface area contributed by atoms with Crippen LogP contribution >= 0.6 is 0 Å². The van der Waals surface area contributed by atoms with Crippen LogP contribution in [0.15, 0.2) is 35.2 Å². The molecule has 0 aliphatic carbocycles. The van der Waals surface area contributed by atoms with Crippen molar-refractivity contribution in [3.63, 3.8) is 0 Å². The lowest BCUT2D eigenvalue weighted by Crippen LogP contribution is -2.36. The fraction of sp³-hybridized carbons (Fsp3) is 0.278. The highest BCUT2D eigenvalue weighted by Gasteiger charge is 2.31. The zero-order valence-corrected chi connectivity index (χ0v) is 16.2. The van der Waals surface area contributed by atoms with E-state index in [0.717, 1.165) is 15.9 Å². The van der Waals surface area contributed by atoms with Crippen LogP contribution in [0.25, 0.3) is 0 Å². The molecule has 0 fully saturated rings. The SMILES string of the molecule is Cc1cc(C)c(N(CC(=O)O)S(=O)(=O)c2ccc(C)c([N+](=O)[O-])c2)c(C)c1. The Hall–Kier alpha value is -2.94. The van der Waals surface area contributed by atoms with E-state index < -0.39 is 27.5 Å². The third-order valence-corrected chi connectivity index (χ3v) is 5.87. The largest absolute Gasteiger partial charge is 0.480 e. The van der Waals surface area contributed by atoms with Crippen molar-refractivity contribution < 1.29 is 23.2 Å². The molecule has 8 nitrogen and oxygen atoms in total. The number of anilines is 1. The molecule has 144 valence electrons. The van der Waals surface area contributed by atoms with Crippen molar-refractivity contribution >= 4 is 27.4 Å². The molecule has 2 aromatic rings. The number of carboxylic acid groups (broad SMARTS) is 1. The van der Waals surface area contributed by atoms with Gasteiger partial charge in [-0.15, -0.1) is 0 Å². The van der Waals surface area contributed by atoms with E-state index >= 15 is 0 Å². The third kappa shape index (κ3) is 4.08. The number of hydrogen-bond acceptors (Lipinski definition) is 5. The molecule has 0 aliphatic heterocycles. The van der Waals surface area contributed by atoms with Gasteiger partial charge in [0, 0.05) is 11.6 Å². The number of nitro benzene ring substituents is 1. The van der Waals surface area contributed by atoms with E-state index in [1.807, 2.05) is 6.92 Å². The molecule has 0 heterocycles. The minimum Gasteiger partial charge on any atom is -0.480 e. The van der Waals surface area contributed by atoms with Gasteiger partial charge in [-0.3, -0.25) is 19.2 Å². The van der Waals surface area contributed by atoms with Gasteiger partial charge in [0.15, 0.2) is 0 Å². The lowest BCUT2D eigenvalue weighted by molar-refractivity contribution is -0.385. The molecule has 0 saturated carbocycles.